The molecule has 1 aliphatic heterocycles. The monoisotopic (exact) mass is 496 g/mol. The van der Waals surface area contributed by atoms with Crippen molar-refractivity contribution in [3.8, 4) is 0 Å². The van der Waals surface area contributed by atoms with Crippen molar-refractivity contribution in [2.24, 2.45) is 0 Å². The second-order valence-corrected chi connectivity index (χ2v) is 10.9. The molecule has 6 nitrogen and oxygen atoms in total. The van der Waals surface area contributed by atoms with E-state index in [1.165, 1.54) is 12.1 Å². The lowest BCUT2D eigenvalue weighted by Crippen LogP contribution is -2.49. The average molecular weight is 497 g/mol. The number of nitrogens with one attached hydrogen (secondary N) is 1. The van der Waals surface area contributed by atoms with Gasteiger partial charge < -0.3 is 9.80 Å². The number of nitrogens with zero attached hydrogens (tertiary/aromatic N) is 3. The van der Waals surface area contributed by atoms with Crippen LogP contribution >= 0.6 is 0 Å². The standard InChI is InChI=1S/C27H33FN4O2S/c1-21-5-4-6-26(19-21)35(33,34)29-20-27(22-7-11-24(12-8-22)30(2)3)32-17-15-31(16-18-32)25-13-9-23(28)10-14-25/h4-14,19,27,29H,15-18,20H2,1-3H3. The van der Waals surface area contributed by atoms with Gasteiger partial charge in [-0.25, -0.2) is 17.5 Å². The Morgan fingerprint density at radius 1 is 0.943 bits per heavy atom. The predicted octanol–water partition coefficient (Wildman–Crippen LogP) is 4.04. The molecule has 0 aliphatic carbocycles. The molecule has 1 heterocycles. The molecule has 1 atom stereocenters. The molecule has 0 spiro atoms. The fourth-order valence-corrected chi connectivity index (χ4v) is 5.59. The Labute approximate surface area is 208 Å². The largest absolute Gasteiger partial charge is 0.378 e. The molecule has 0 saturated carbocycles. The van der Waals surface area contributed by atoms with Crippen LogP contribution in [0.15, 0.2) is 77.7 Å². The second kappa shape index (κ2) is 10.8. The Morgan fingerprint density at radius 2 is 1.60 bits per heavy atom. The van der Waals surface area contributed by atoms with Crippen molar-refractivity contribution in [3.63, 3.8) is 0 Å². The van der Waals surface area contributed by atoms with Gasteiger partial charge in [-0.1, -0.05) is 24.3 Å². The van der Waals surface area contributed by atoms with Gasteiger partial charge in [0.1, 0.15) is 5.82 Å². The second-order valence-electron chi connectivity index (χ2n) is 9.17. The molecular formula is C27H33FN4O2S. The van der Waals surface area contributed by atoms with E-state index in [2.05, 4.69) is 38.8 Å². The maximum Gasteiger partial charge on any atom is 0.240 e. The molecule has 1 fully saturated rings. The highest BCUT2D eigenvalue weighted by atomic mass is 32.2. The zero-order valence-electron chi connectivity index (χ0n) is 20.5. The van der Waals surface area contributed by atoms with E-state index < -0.39 is 10.0 Å². The SMILES string of the molecule is Cc1cccc(S(=O)(=O)NCC(c2ccc(N(C)C)cc2)N2CCN(c3ccc(F)cc3)CC2)c1. The van der Waals surface area contributed by atoms with Gasteiger partial charge in [-0.05, 0) is 66.6 Å². The summed E-state index contributed by atoms with van der Waals surface area (Å²) in [5.74, 6) is -0.241. The van der Waals surface area contributed by atoms with Crippen LogP contribution in [0.1, 0.15) is 17.2 Å². The maximum absolute atomic E-state index is 13.3. The molecule has 1 N–H and O–H groups in total. The van der Waals surface area contributed by atoms with Gasteiger partial charge in [0.2, 0.25) is 10.0 Å². The van der Waals surface area contributed by atoms with E-state index in [-0.39, 0.29) is 23.3 Å². The number of sulfonamides is 1. The van der Waals surface area contributed by atoms with Gasteiger partial charge in [0, 0.05) is 64.2 Å². The fraction of sp³-hybridized carbons (Fsp3) is 0.333. The summed E-state index contributed by atoms with van der Waals surface area (Å²) in [6, 6.07) is 21.7. The van der Waals surface area contributed by atoms with E-state index in [9.17, 15) is 12.8 Å². The van der Waals surface area contributed by atoms with Crippen LogP contribution in [0.5, 0.6) is 0 Å². The lowest BCUT2D eigenvalue weighted by Gasteiger charge is -2.40. The van der Waals surface area contributed by atoms with E-state index in [1.807, 2.05) is 32.0 Å². The van der Waals surface area contributed by atoms with E-state index in [0.717, 1.165) is 48.7 Å². The third-order valence-electron chi connectivity index (χ3n) is 6.51. The molecule has 1 saturated heterocycles. The average Bonchev–Trinajstić information content (AvgIpc) is 2.85. The molecule has 3 aromatic rings. The van der Waals surface area contributed by atoms with Gasteiger partial charge in [0.15, 0.2) is 0 Å². The molecule has 1 aliphatic rings. The first kappa shape index (κ1) is 25.2. The molecule has 186 valence electrons. The molecule has 4 rings (SSSR count). The van der Waals surface area contributed by atoms with E-state index in [4.69, 9.17) is 0 Å². The molecule has 8 heteroatoms. The van der Waals surface area contributed by atoms with Crippen molar-refractivity contribution >= 4 is 21.4 Å². The summed E-state index contributed by atoms with van der Waals surface area (Å²) in [6.45, 7) is 5.25. The van der Waals surface area contributed by atoms with E-state index in [0.29, 0.717) is 0 Å². The molecule has 35 heavy (non-hydrogen) atoms. The van der Waals surface area contributed by atoms with Gasteiger partial charge in [0.25, 0.3) is 0 Å². The Morgan fingerprint density at radius 3 is 2.20 bits per heavy atom. The number of hydrogen-bond acceptors (Lipinski definition) is 5. The molecule has 0 amide bonds. The first-order valence-electron chi connectivity index (χ1n) is 11.8. The smallest absolute Gasteiger partial charge is 0.240 e. The lowest BCUT2D eigenvalue weighted by atomic mass is 10.0. The summed E-state index contributed by atoms with van der Waals surface area (Å²) >= 11 is 0. The third-order valence-corrected chi connectivity index (χ3v) is 7.93. The minimum Gasteiger partial charge on any atom is -0.378 e. The first-order valence-corrected chi connectivity index (χ1v) is 13.3. The number of aryl methyl sites for hydroxylation is 1. The van der Waals surface area contributed by atoms with Crippen LogP contribution in [0.2, 0.25) is 0 Å². The summed E-state index contributed by atoms with van der Waals surface area (Å²) in [6.07, 6.45) is 0. The van der Waals surface area contributed by atoms with Gasteiger partial charge in [-0.2, -0.15) is 0 Å². The normalized spacial score (nSPS) is 15.7. The molecule has 0 radical (unpaired) electrons. The summed E-state index contributed by atoms with van der Waals surface area (Å²) in [5.41, 5.74) is 4.06. The number of anilines is 2. The zero-order chi connectivity index (χ0) is 25.0. The Hall–Kier alpha value is -2.94. The number of hydrogen-bond donors (Lipinski definition) is 1. The van der Waals surface area contributed by atoms with Crippen molar-refractivity contribution in [2.75, 3.05) is 56.6 Å². The number of rotatable bonds is 8. The highest BCUT2D eigenvalue weighted by molar-refractivity contribution is 7.89. The number of halogens is 1. The van der Waals surface area contributed by atoms with Crippen LogP contribution in [0.4, 0.5) is 15.8 Å². The zero-order valence-corrected chi connectivity index (χ0v) is 21.3. The number of benzene rings is 3. The number of piperazine rings is 1. The predicted molar refractivity (Wildman–Crippen MR) is 140 cm³/mol. The lowest BCUT2D eigenvalue weighted by molar-refractivity contribution is 0.187. The van der Waals surface area contributed by atoms with Crippen LogP contribution in [-0.4, -0.2) is 60.1 Å². The highest BCUT2D eigenvalue weighted by Crippen LogP contribution is 2.26. The summed E-state index contributed by atoms with van der Waals surface area (Å²) < 4.78 is 42.2. The van der Waals surface area contributed by atoms with Crippen LogP contribution in [-0.2, 0) is 10.0 Å². The molecule has 1 unspecified atom stereocenters. The van der Waals surface area contributed by atoms with Crippen LogP contribution in [0, 0.1) is 12.7 Å². The fourth-order valence-electron chi connectivity index (χ4n) is 4.45. The molecular weight excluding hydrogens is 463 g/mol. The molecule has 0 aromatic heterocycles. The highest BCUT2D eigenvalue weighted by Gasteiger charge is 2.27. The summed E-state index contributed by atoms with van der Waals surface area (Å²) in [7, 11) is 0.360. The Balaban J connectivity index is 1.52. The van der Waals surface area contributed by atoms with E-state index in [1.54, 1.807) is 30.3 Å². The van der Waals surface area contributed by atoms with Crippen molar-refractivity contribution in [1.29, 1.82) is 0 Å². The van der Waals surface area contributed by atoms with Crippen molar-refractivity contribution in [3.05, 3.63) is 89.7 Å². The van der Waals surface area contributed by atoms with Crippen LogP contribution in [0.3, 0.4) is 0 Å². The van der Waals surface area contributed by atoms with Crippen molar-refractivity contribution < 1.29 is 12.8 Å². The minimum atomic E-state index is -3.63. The van der Waals surface area contributed by atoms with Crippen LogP contribution in [0.25, 0.3) is 0 Å². The van der Waals surface area contributed by atoms with Gasteiger partial charge in [0.05, 0.1) is 4.90 Å². The van der Waals surface area contributed by atoms with Crippen LogP contribution < -0.4 is 14.5 Å². The quantitative estimate of drug-likeness (QED) is 0.510. The Kier molecular flexibility index (Phi) is 7.74. The Bertz CT molecular complexity index is 1220. The van der Waals surface area contributed by atoms with Crippen molar-refractivity contribution in [1.82, 2.24) is 9.62 Å². The molecule has 0 bridgehead atoms. The minimum absolute atomic E-state index is 0.110. The molecule has 3 aromatic carbocycles. The maximum atomic E-state index is 13.3. The first-order chi connectivity index (χ1) is 16.7. The summed E-state index contributed by atoms with van der Waals surface area (Å²) in [5, 5.41) is 0. The van der Waals surface area contributed by atoms with E-state index >= 15 is 0 Å². The summed E-state index contributed by atoms with van der Waals surface area (Å²) in [4.78, 5) is 6.88. The van der Waals surface area contributed by atoms with Gasteiger partial charge in [-0.3, -0.25) is 4.90 Å². The van der Waals surface area contributed by atoms with Gasteiger partial charge >= 0.3 is 0 Å². The van der Waals surface area contributed by atoms with Crippen molar-refractivity contribution in [2.45, 2.75) is 17.9 Å². The third kappa shape index (κ3) is 6.20. The topological polar surface area (TPSA) is 55.9 Å². The van der Waals surface area contributed by atoms with Gasteiger partial charge in [-0.15, -0.1) is 0 Å².